The molecule has 73 heavy (non-hydrogen) atoms. The highest BCUT2D eigenvalue weighted by Gasteiger charge is 2.60. The van der Waals surface area contributed by atoms with Gasteiger partial charge in [-0.15, -0.1) is 0 Å². The third-order valence-corrected chi connectivity index (χ3v) is 12.2. The van der Waals surface area contributed by atoms with Crippen molar-refractivity contribution < 1.29 is 183 Å². The molecule has 0 unspecified atom stereocenters. The zero-order valence-electron chi connectivity index (χ0n) is 36.2. The van der Waals surface area contributed by atoms with Gasteiger partial charge in [0.05, 0.1) is 0 Å². The molecule has 0 saturated carbocycles. The molecule has 416 valence electrons. The molecule has 6 fully saturated rings. The van der Waals surface area contributed by atoms with Crippen molar-refractivity contribution in [3.05, 3.63) is 0 Å². The summed E-state index contributed by atoms with van der Waals surface area (Å²) in [5, 5.41) is 207. The van der Waals surface area contributed by atoms with Crippen LogP contribution in [0.15, 0.2) is 0 Å². The molecule has 37 nitrogen and oxygen atoms in total. The van der Waals surface area contributed by atoms with Gasteiger partial charge in [-0.05, 0) is 0 Å². The maximum Gasteiger partial charge on any atom is 0.335 e. The van der Waals surface area contributed by atoms with Crippen LogP contribution in [0, 0.1) is 0 Å². The maximum absolute atomic E-state index is 12.5. The van der Waals surface area contributed by atoms with E-state index in [-0.39, 0.29) is 0 Å². The lowest BCUT2D eigenvalue weighted by Gasteiger charge is -2.48. The minimum Gasteiger partial charge on any atom is -0.479 e. The van der Waals surface area contributed by atoms with Crippen molar-refractivity contribution in [2.24, 2.45) is 0 Å². The summed E-state index contributed by atoms with van der Waals surface area (Å²) in [6.45, 7) is 0. The Kier molecular flexibility index (Phi) is 18.3. The number of carbonyl (C=O) groups is 6. The molecule has 0 bridgehead atoms. The molecule has 30 atom stereocenters. The summed E-state index contributed by atoms with van der Waals surface area (Å²) < 4.78 is 56.5. The molecule has 0 radical (unpaired) electrons. The Morgan fingerprint density at radius 3 is 0.658 bits per heavy atom. The normalized spacial score (nSPS) is 49.6. The summed E-state index contributed by atoms with van der Waals surface area (Å²) >= 11 is 0. The average molecular weight is 1070 g/mol. The van der Waals surface area contributed by atoms with E-state index in [1.807, 2.05) is 0 Å². The van der Waals surface area contributed by atoms with Crippen LogP contribution in [-0.4, -0.2) is 322 Å². The Morgan fingerprint density at radius 1 is 0.233 bits per heavy atom. The van der Waals surface area contributed by atoms with E-state index < -0.39 is 220 Å². The summed E-state index contributed by atoms with van der Waals surface area (Å²) in [7, 11) is 0. The number of rotatable bonds is 16. The molecule has 0 aromatic heterocycles. The van der Waals surface area contributed by atoms with Crippen LogP contribution in [0.1, 0.15) is 0 Å². The molecular weight excluding hydrogens is 1020 g/mol. The molecule has 0 aromatic carbocycles. The molecule has 6 heterocycles. The number of aliphatic hydroxyl groups excluding tert-OH is 14. The minimum absolute atomic E-state index is 1.90. The van der Waals surface area contributed by atoms with Crippen molar-refractivity contribution in [2.45, 2.75) is 184 Å². The molecule has 6 aliphatic rings. The van der Waals surface area contributed by atoms with Gasteiger partial charge in [-0.25, -0.2) is 28.8 Å². The predicted molar refractivity (Wildman–Crippen MR) is 202 cm³/mol. The highest BCUT2D eigenvalue weighted by atomic mass is 16.8. The van der Waals surface area contributed by atoms with Crippen molar-refractivity contribution >= 4 is 35.8 Å². The number of ether oxygens (including phenoxy) is 11. The number of aliphatic carboxylic acids is 6. The van der Waals surface area contributed by atoms with Gasteiger partial charge in [0, 0.05) is 0 Å². The fourth-order valence-corrected chi connectivity index (χ4v) is 8.34. The van der Waals surface area contributed by atoms with Gasteiger partial charge >= 0.3 is 35.8 Å². The van der Waals surface area contributed by atoms with Crippen LogP contribution in [0.5, 0.6) is 0 Å². The van der Waals surface area contributed by atoms with Gasteiger partial charge in [-0.3, -0.25) is 0 Å². The Balaban J connectivity index is 1.13. The summed E-state index contributed by atoms with van der Waals surface area (Å²) in [6, 6.07) is 0. The van der Waals surface area contributed by atoms with Crippen LogP contribution in [0.4, 0.5) is 0 Å². The van der Waals surface area contributed by atoms with E-state index in [1.54, 1.807) is 0 Å². The lowest BCUT2D eigenvalue weighted by Crippen LogP contribution is -2.69. The Bertz CT molecular complexity index is 1990. The van der Waals surface area contributed by atoms with Gasteiger partial charge in [0.2, 0.25) is 0 Å². The van der Waals surface area contributed by atoms with E-state index in [0.717, 1.165) is 0 Å². The predicted octanol–water partition coefficient (Wildman–Crippen LogP) is -13.5. The van der Waals surface area contributed by atoms with Gasteiger partial charge in [0.15, 0.2) is 74.4 Å². The number of carboxylic acids is 6. The monoisotopic (exact) mass is 1070 g/mol. The molecule has 20 N–H and O–H groups in total. The van der Waals surface area contributed by atoms with Crippen LogP contribution < -0.4 is 0 Å². The number of hydrogen-bond acceptors (Lipinski definition) is 31. The topological polar surface area (TPSA) is 609 Å². The third kappa shape index (κ3) is 11.5. The van der Waals surface area contributed by atoms with E-state index in [9.17, 15) is 131 Å². The summed E-state index contributed by atoms with van der Waals surface area (Å²) in [6.07, 6.45) is -73.7. The summed E-state index contributed by atoms with van der Waals surface area (Å²) in [4.78, 5) is 72.8. The van der Waals surface area contributed by atoms with Gasteiger partial charge < -0.3 is 154 Å². The first-order valence-electron chi connectivity index (χ1n) is 21.1. The van der Waals surface area contributed by atoms with Crippen LogP contribution in [0.25, 0.3) is 0 Å². The molecule has 6 saturated heterocycles. The molecule has 6 aliphatic heterocycles. The van der Waals surface area contributed by atoms with Crippen LogP contribution in [-0.2, 0) is 80.9 Å². The van der Waals surface area contributed by atoms with Crippen molar-refractivity contribution in [1.29, 1.82) is 0 Å². The van der Waals surface area contributed by atoms with Gasteiger partial charge in [0.1, 0.15) is 110 Å². The first-order valence-corrected chi connectivity index (χ1v) is 21.1. The smallest absolute Gasteiger partial charge is 0.335 e. The fraction of sp³-hybridized carbons (Fsp3) is 0.833. The molecule has 37 heteroatoms. The van der Waals surface area contributed by atoms with Gasteiger partial charge in [-0.2, -0.15) is 0 Å². The van der Waals surface area contributed by atoms with E-state index in [1.165, 1.54) is 0 Å². The molecule has 0 spiro atoms. The number of carboxylic acid groups (broad SMARTS) is 6. The average Bonchev–Trinajstić information content (AvgIpc) is 3.31. The maximum atomic E-state index is 12.5. The van der Waals surface area contributed by atoms with Crippen molar-refractivity contribution in [2.75, 3.05) is 0 Å². The van der Waals surface area contributed by atoms with E-state index in [4.69, 9.17) is 47.4 Å². The lowest BCUT2D eigenvalue weighted by molar-refractivity contribution is -0.386. The minimum atomic E-state index is -2.64. The standard InChI is InChI=1S/C36H50O37/c37-1-2(38)19(25(50)51)69-32(9(1)45)65-15-4(40)11(47)34(71-21(15)27(54)55)67-17-6(42)13(49)36(73-23(17)29(58)59)68-18-7(43)12(48)35(72-24(18)30(60)61)66-16-5(41)10(46)33(70-22(16)28(56)57)64-14-3(39)8(44)31(62)63-20(14)26(52)53/h1-24,31-49,62H,(H,50,51)(H,52,53)(H,54,55)(H,56,57)(H,58,59)(H,60,61)/t1-,2-,3+,4+,5+,6+,7+,8-,9-,10-,11-,12-,13-,14-,15-,16-,17-,18-,19+,20-,21-,22+,23-,24+,31+,32+,33+,34+,35+,36+/m0/s1. The van der Waals surface area contributed by atoms with E-state index >= 15 is 0 Å². The Hall–Kier alpha value is -4.18. The summed E-state index contributed by atoms with van der Waals surface area (Å²) in [5.41, 5.74) is 0. The first kappa shape index (κ1) is 58.1. The molecule has 6 rings (SSSR count). The lowest BCUT2D eigenvalue weighted by atomic mass is 9.95. The number of hydrogen-bond donors (Lipinski definition) is 20. The zero-order valence-corrected chi connectivity index (χ0v) is 36.2. The van der Waals surface area contributed by atoms with Crippen LogP contribution >= 0.6 is 0 Å². The number of aliphatic hydroxyl groups is 14. The van der Waals surface area contributed by atoms with Crippen LogP contribution in [0.2, 0.25) is 0 Å². The van der Waals surface area contributed by atoms with E-state index in [0.29, 0.717) is 0 Å². The van der Waals surface area contributed by atoms with Gasteiger partial charge in [-0.1, -0.05) is 0 Å². The Labute approximate surface area is 403 Å². The SMILES string of the molecule is O=C(O)[C@H]1O[C@@H](O[C@H]2[C@H](O)[C@H](O)[C@H](O[C@H]3[C@H](O)[C@H](O)[C@H](O[C@H]4[C@H](O)[C@H](O)[C@H](O[C@H]5[C@H](O)[C@H](O)[C@H](O)O[C@@H]5C(=O)O)O[C@H]4C(=O)O)O[C@H]3C(=O)O)O[C@@H]2C(=O)O)[C@@H](O)[C@@H](O)[C@@H]1O[C@@H]1O[C@@H](C(=O)O)[C@@H](O)[C@H](O)[C@@H]1O. The van der Waals surface area contributed by atoms with Crippen molar-refractivity contribution in [3.63, 3.8) is 0 Å². The largest absolute Gasteiger partial charge is 0.479 e. The van der Waals surface area contributed by atoms with Gasteiger partial charge in [0.25, 0.3) is 0 Å². The Morgan fingerprint density at radius 2 is 0.425 bits per heavy atom. The fourth-order valence-electron chi connectivity index (χ4n) is 8.34. The second kappa shape index (κ2) is 23.0. The zero-order chi connectivity index (χ0) is 54.6. The summed E-state index contributed by atoms with van der Waals surface area (Å²) in [5.74, 6) is -12.2. The quantitative estimate of drug-likeness (QED) is 0.0682. The second-order valence-electron chi connectivity index (χ2n) is 17.0. The highest BCUT2D eigenvalue weighted by molar-refractivity contribution is 5.76. The highest BCUT2D eigenvalue weighted by Crippen LogP contribution is 2.37. The molecule has 0 aromatic rings. The molecule has 0 amide bonds. The second-order valence-corrected chi connectivity index (χ2v) is 17.0. The van der Waals surface area contributed by atoms with Crippen molar-refractivity contribution in [1.82, 2.24) is 0 Å². The molecule has 0 aliphatic carbocycles. The van der Waals surface area contributed by atoms with Crippen LogP contribution in [0.3, 0.4) is 0 Å². The first-order chi connectivity index (χ1) is 34.0. The van der Waals surface area contributed by atoms with E-state index in [2.05, 4.69) is 4.74 Å². The molecular formula is C36H50O37. The van der Waals surface area contributed by atoms with Crippen molar-refractivity contribution in [3.8, 4) is 0 Å². The third-order valence-electron chi connectivity index (χ3n) is 12.2.